The van der Waals surface area contributed by atoms with Crippen molar-refractivity contribution in [2.45, 2.75) is 31.3 Å². The molecule has 1 aliphatic heterocycles. The van der Waals surface area contributed by atoms with Crippen LogP contribution in [0.15, 0.2) is 73.1 Å². The summed E-state index contributed by atoms with van der Waals surface area (Å²) >= 11 is 0. The molecule has 0 bridgehead atoms. The van der Waals surface area contributed by atoms with Gasteiger partial charge in [0.25, 0.3) is 5.91 Å². The van der Waals surface area contributed by atoms with Gasteiger partial charge < -0.3 is 19.8 Å². The first kappa shape index (κ1) is 24.1. The summed E-state index contributed by atoms with van der Waals surface area (Å²) in [5.74, 6) is -0.194. The lowest BCUT2D eigenvalue weighted by Gasteiger charge is -2.32. The standard InChI is InChI=1S/C28H29FN4O3/c29-23-3-1-2-22(16-23)28(35)32-13-9-20(10-14-32)24-8-12-30-27-25(24)11-15-33(27)17-19-4-6-21(7-5-19)26(18-34)31-36/h1-8,11-12,15-16,20,26,31,34,36H,9-10,13-14,17-18H2. The van der Waals surface area contributed by atoms with Crippen molar-refractivity contribution in [1.82, 2.24) is 19.9 Å². The van der Waals surface area contributed by atoms with Crippen molar-refractivity contribution in [3.05, 3.63) is 101 Å². The number of nitrogens with zero attached hydrogens (tertiary/aromatic N) is 3. The van der Waals surface area contributed by atoms with Crippen LogP contribution in [0, 0.1) is 5.82 Å². The summed E-state index contributed by atoms with van der Waals surface area (Å²) in [6, 6.07) is 17.3. The molecule has 186 valence electrons. The minimum atomic E-state index is -0.508. The first-order chi connectivity index (χ1) is 17.6. The molecule has 0 saturated carbocycles. The van der Waals surface area contributed by atoms with Gasteiger partial charge in [-0.05, 0) is 65.8 Å². The predicted octanol–water partition coefficient (Wildman–Crippen LogP) is 4.26. The smallest absolute Gasteiger partial charge is 0.253 e. The highest BCUT2D eigenvalue weighted by atomic mass is 19.1. The molecule has 4 aromatic rings. The van der Waals surface area contributed by atoms with Crippen LogP contribution in [0.25, 0.3) is 11.0 Å². The minimum absolute atomic E-state index is 0.120. The molecule has 1 atom stereocenters. The van der Waals surface area contributed by atoms with E-state index < -0.39 is 11.9 Å². The highest BCUT2D eigenvalue weighted by molar-refractivity contribution is 5.94. The number of hydrogen-bond donors (Lipinski definition) is 3. The number of carbonyl (C=O) groups excluding carboxylic acids is 1. The maximum absolute atomic E-state index is 13.5. The van der Waals surface area contributed by atoms with E-state index in [1.807, 2.05) is 41.6 Å². The number of likely N-dealkylation sites (tertiary alicyclic amines) is 1. The van der Waals surface area contributed by atoms with E-state index in [-0.39, 0.29) is 12.5 Å². The molecule has 0 aliphatic carbocycles. The SMILES string of the molecule is O=C(c1cccc(F)c1)N1CCC(c2ccnc3c2ccn3Cc2ccc(C(CO)NO)cc2)CC1. The molecule has 5 rings (SSSR count). The van der Waals surface area contributed by atoms with Crippen LogP contribution in [-0.4, -0.2) is 50.4 Å². The fourth-order valence-corrected chi connectivity index (χ4v) is 5.07. The van der Waals surface area contributed by atoms with Crippen LogP contribution in [0.5, 0.6) is 0 Å². The number of rotatable bonds is 7. The Hall–Kier alpha value is -3.59. The maximum atomic E-state index is 13.5. The molecule has 2 aromatic carbocycles. The lowest BCUT2D eigenvalue weighted by Crippen LogP contribution is -2.38. The van der Waals surface area contributed by atoms with E-state index in [0.29, 0.717) is 31.1 Å². The molecular weight excluding hydrogens is 459 g/mol. The predicted molar refractivity (Wildman–Crippen MR) is 134 cm³/mol. The van der Waals surface area contributed by atoms with Gasteiger partial charge in [0.15, 0.2) is 0 Å². The number of hydrogen-bond acceptors (Lipinski definition) is 5. The number of amides is 1. The van der Waals surface area contributed by atoms with Crippen LogP contribution in [0.4, 0.5) is 4.39 Å². The second kappa shape index (κ2) is 10.6. The molecule has 36 heavy (non-hydrogen) atoms. The number of fused-ring (bicyclic) bond motifs is 1. The lowest BCUT2D eigenvalue weighted by molar-refractivity contribution is 0.0712. The summed E-state index contributed by atoms with van der Waals surface area (Å²) in [5, 5.41) is 19.6. The molecule has 0 radical (unpaired) electrons. The van der Waals surface area contributed by atoms with Crippen LogP contribution < -0.4 is 5.48 Å². The van der Waals surface area contributed by atoms with Crippen LogP contribution in [0.1, 0.15) is 51.8 Å². The van der Waals surface area contributed by atoms with Crippen molar-refractivity contribution in [2.75, 3.05) is 19.7 Å². The molecule has 0 spiro atoms. The summed E-state index contributed by atoms with van der Waals surface area (Å²) in [5.41, 5.74) is 6.56. The number of aliphatic hydroxyl groups excluding tert-OH is 1. The molecule has 3 N–H and O–H groups in total. The Morgan fingerprint density at radius 2 is 1.89 bits per heavy atom. The van der Waals surface area contributed by atoms with Gasteiger partial charge in [-0.3, -0.25) is 4.79 Å². The van der Waals surface area contributed by atoms with Gasteiger partial charge in [-0.15, -0.1) is 0 Å². The third-order valence-electron chi connectivity index (χ3n) is 7.06. The Labute approximate surface area is 208 Å². The molecule has 3 heterocycles. The van der Waals surface area contributed by atoms with Crippen molar-refractivity contribution in [1.29, 1.82) is 0 Å². The maximum Gasteiger partial charge on any atom is 0.253 e. The van der Waals surface area contributed by atoms with Crippen molar-refractivity contribution < 1.29 is 19.5 Å². The van der Waals surface area contributed by atoms with Crippen LogP contribution in [0.2, 0.25) is 0 Å². The summed E-state index contributed by atoms with van der Waals surface area (Å²) < 4.78 is 15.7. The van der Waals surface area contributed by atoms with Gasteiger partial charge in [0.05, 0.1) is 12.6 Å². The number of aliphatic hydroxyl groups is 1. The quantitative estimate of drug-likeness (QED) is 0.338. The van der Waals surface area contributed by atoms with Crippen LogP contribution in [-0.2, 0) is 6.54 Å². The van der Waals surface area contributed by atoms with Crippen molar-refractivity contribution in [3.63, 3.8) is 0 Å². The van der Waals surface area contributed by atoms with E-state index >= 15 is 0 Å². The Morgan fingerprint density at radius 1 is 1.11 bits per heavy atom. The van der Waals surface area contributed by atoms with Gasteiger partial charge in [0.2, 0.25) is 0 Å². The third kappa shape index (κ3) is 4.88. The van der Waals surface area contributed by atoms with Gasteiger partial charge in [0.1, 0.15) is 11.5 Å². The number of aromatic nitrogens is 2. The highest BCUT2D eigenvalue weighted by Crippen LogP contribution is 2.33. The van der Waals surface area contributed by atoms with E-state index in [9.17, 15) is 14.3 Å². The number of halogens is 1. The first-order valence-corrected chi connectivity index (χ1v) is 12.1. The number of hydroxylamine groups is 1. The van der Waals surface area contributed by atoms with Crippen molar-refractivity contribution in [2.24, 2.45) is 0 Å². The minimum Gasteiger partial charge on any atom is -0.394 e. The molecule has 1 amide bonds. The van der Waals surface area contributed by atoms with Crippen LogP contribution >= 0.6 is 0 Å². The summed E-state index contributed by atoms with van der Waals surface area (Å²) in [6.45, 7) is 1.72. The largest absolute Gasteiger partial charge is 0.394 e. The third-order valence-corrected chi connectivity index (χ3v) is 7.06. The molecule has 1 unspecified atom stereocenters. The topological polar surface area (TPSA) is 90.6 Å². The Kier molecular flexibility index (Phi) is 7.09. The Balaban J connectivity index is 1.29. The second-order valence-electron chi connectivity index (χ2n) is 9.26. The molecule has 7 nitrogen and oxygen atoms in total. The number of nitrogens with one attached hydrogen (secondary N) is 1. The molecule has 2 aromatic heterocycles. The Bertz CT molecular complexity index is 1340. The van der Waals surface area contributed by atoms with Crippen molar-refractivity contribution in [3.8, 4) is 0 Å². The van der Waals surface area contributed by atoms with Gasteiger partial charge in [0, 0.05) is 43.0 Å². The molecule has 1 saturated heterocycles. The monoisotopic (exact) mass is 488 g/mol. The molecule has 1 aliphatic rings. The summed E-state index contributed by atoms with van der Waals surface area (Å²) in [6.07, 6.45) is 5.58. The second-order valence-corrected chi connectivity index (χ2v) is 9.26. The van der Waals surface area contributed by atoms with Gasteiger partial charge >= 0.3 is 0 Å². The number of piperidine rings is 1. The fourth-order valence-electron chi connectivity index (χ4n) is 5.07. The van der Waals surface area contributed by atoms with Gasteiger partial charge in [-0.1, -0.05) is 30.3 Å². The lowest BCUT2D eigenvalue weighted by atomic mass is 9.88. The summed E-state index contributed by atoms with van der Waals surface area (Å²) in [4.78, 5) is 19.2. The zero-order valence-corrected chi connectivity index (χ0v) is 19.8. The van der Waals surface area contributed by atoms with Crippen LogP contribution in [0.3, 0.4) is 0 Å². The Morgan fingerprint density at radius 3 is 2.58 bits per heavy atom. The molecule has 1 fully saturated rings. The highest BCUT2D eigenvalue weighted by Gasteiger charge is 2.26. The fraction of sp³-hybridized carbons (Fsp3) is 0.286. The van der Waals surface area contributed by atoms with E-state index in [1.165, 1.54) is 17.7 Å². The van der Waals surface area contributed by atoms with Gasteiger partial charge in [-0.2, -0.15) is 5.48 Å². The summed E-state index contributed by atoms with van der Waals surface area (Å²) in [7, 11) is 0. The normalized spacial score (nSPS) is 15.4. The number of benzene rings is 2. The van der Waals surface area contributed by atoms with E-state index in [2.05, 4.69) is 27.2 Å². The van der Waals surface area contributed by atoms with E-state index in [0.717, 1.165) is 35.0 Å². The zero-order chi connectivity index (χ0) is 25.1. The first-order valence-electron chi connectivity index (χ1n) is 12.1. The number of carbonyl (C=O) groups is 1. The number of pyridine rings is 1. The van der Waals surface area contributed by atoms with E-state index in [1.54, 1.807) is 12.1 Å². The average Bonchev–Trinajstić information content (AvgIpc) is 3.33. The molecule has 8 heteroatoms. The average molecular weight is 489 g/mol. The van der Waals surface area contributed by atoms with Crippen molar-refractivity contribution >= 4 is 16.9 Å². The van der Waals surface area contributed by atoms with Gasteiger partial charge in [-0.25, -0.2) is 9.37 Å². The molecular formula is C28H29FN4O3. The van der Waals surface area contributed by atoms with E-state index in [4.69, 9.17) is 5.21 Å². The zero-order valence-electron chi connectivity index (χ0n) is 19.8.